The van der Waals surface area contributed by atoms with E-state index in [4.69, 9.17) is 0 Å². The third-order valence-electron chi connectivity index (χ3n) is 1.68. The fraction of sp³-hybridized carbons (Fsp3) is 0.625. The Morgan fingerprint density at radius 1 is 1.70 bits per heavy atom. The molecule has 0 aliphatic carbocycles. The first-order valence-corrected chi connectivity index (χ1v) is 3.82. The molecule has 1 N–H and O–H groups in total. The number of carbonyl (C=O) groups excluding carboxylic acids is 1. The smallest absolute Gasteiger partial charge is 0.248 e. The molecule has 1 heterocycles. The van der Waals surface area contributed by atoms with Crippen molar-refractivity contribution in [3.05, 3.63) is 11.6 Å². The van der Waals surface area contributed by atoms with E-state index in [0.717, 1.165) is 18.5 Å². The van der Waals surface area contributed by atoms with Gasteiger partial charge in [-0.05, 0) is 6.42 Å². The van der Waals surface area contributed by atoms with E-state index >= 15 is 0 Å². The number of β-lactam (4-membered cyclic amide) rings is 1. The van der Waals surface area contributed by atoms with Crippen molar-refractivity contribution < 1.29 is 4.79 Å². The Kier molecular flexibility index (Phi) is 2.49. The molecule has 0 atom stereocenters. The molecule has 0 aromatic carbocycles. The molecule has 2 nitrogen and oxygen atoms in total. The molecule has 0 saturated carbocycles. The lowest BCUT2D eigenvalue weighted by Gasteiger charge is -2.17. The van der Waals surface area contributed by atoms with Gasteiger partial charge in [-0.2, -0.15) is 0 Å². The van der Waals surface area contributed by atoms with Crippen molar-refractivity contribution in [1.82, 2.24) is 5.32 Å². The zero-order chi connectivity index (χ0) is 7.40. The first-order valence-electron chi connectivity index (χ1n) is 3.82. The van der Waals surface area contributed by atoms with Crippen LogP contribution in [0.1, 0.15) is 26.2 Å². The number of carbonyl (C=O) groups is 1. The van der Waals surface area contributed by atoms with Crippen LogP contribution in [0.25, 0.3) is 0 Å². The first kappa shape index (κ1) is 7.32. The zero-order valence-electron chi connectivity index (χ0n) is 6.31. The summed E-state index contributed by atoms with van der Waals surface area (Å²) in [6.07, 6.45) is 5.49. The van der Waals surface area contributed by atoms with E-state index in [0.29, 0.717) is 0 Å². The summed E-state index contributed by atoms with van der Waals surface area (Å²) in [6, 6.07) is 0. The number of nitrogens with one attached hydrogen (secondary N) is 1. The van der Waals surface area contributed by atoms with E-state index in [9.17, 15) is 4.79 Å². The molecule has 10 heavy (non-hydrogen) atoms. The summed E-state index contributed by atoms with van der Waals surface area (Å²) in [5, 5.41) is 2.68. The van der Waals surface area contributed by atoms with Crippen LogP contribution in [0.15, 0.2) is 11.6 Å². The maximum Gasteiger partial charge on any atom is 0.248 e. The quantitative estimate of drug-likeness (QED) is 0.355. The van der Waals surface area contributed by atoms with Crippen LogP contribution in [-0.4, -0.2) is 12.5 Å². The van der Waals surface area contributed by atoms with E-state index in [-0.39, 0.29) is 5.91 Å². The average molecular weight is 139 g/mol. The van der Waals surface area contributed by atoms with Crippen LogP contribution in [0, 0.1) is 0 Å². The molecule has 1 amide bonds. The third-order valence-corrected chi connectivity index (χ3v) is 1.68. The van der Waals surface area contributed by atoms with Gasteiger partial charge in [0.25, 0.3) is 0 Å². The van der Waals surface area contributed by atoms with E-state index in [1.54, 1.807) is 0 Å². The summed E-state index contributed by atoms with van der Waals surface area (Å²) in [5.41, 5.74) is 0.966. The second kappa shape index (κ2) is 3.40. The molecule has 0 aromatic rings. The van der Waals surface area contributed by atoms with Crippen molar-refractivity contribution in [2.24, 2.45) is 0 Å². The van der Waals surface area contributed by atoms with Crippen LogP contribution in [0.4, 0.5) is 0 Å². The molecule has 0 radical (unpaired) electrons. The fourth-order valence-electron chi connectivity index (χ4n) is 0.908. The highest BCUT2D eigenvalue weighted by Crippen LogP contribution is 2.06. The second-order valence-electron chi connectivity index (χ2n) is 2.55. The molecule has 56 valence electrons. The minimum atomic E-state index is 0.121. The van der Waals surface area contributed by atoms with Gasteiger partial charge < -0.3 is 5.32 Å². The van der Waals surface area contributed by atoms with Crippen LogP contribution in [0.3, 0.4) is 0 Å². The second-order valence-corrected chi connectivity index (χ2v) is 2.55. The standard InChI is InChI=1S/C8H13NO/c1-2-3-4-5-7-6-9-8(7)10/h5H,2-4,6H2,1H3,(H,9,10)/b7-5-. The molecule has 0 spiro atoms. The normalized spacial score (nSPS) is 20.5. The van der Waals surface area contributed by atoms with E-state index < -0.39 is 0 Å². The van der Waals surface area contributed by atoms with Crippen LogP contribution in [0.5, 0.6) is 0 Å². The highest BCUT2D eigenvalue weighted by Gasteiger charge is 2.17. The van der Waals surface area contributed by atoms with Gasteiger partial charge in [0.2, 0.25) is 5.91 Å². The van der Waals surface area contributed by atoms with Gasteiger partial charge in [0.05, 0.1) is 0 Å². The lowest BCUT2D eigenvalue weighted by Crippen LogP contribution is -2.40. The summed E-state index contributed by atoms with van der Waals surface area (Å²) < 4.78 is 0. The van der Waals surface area contributed by atoms with Crippen molar-refractivity contribution in [1.29, 1.82) is 0 Å². The van der Waals surface area contributed by atoms with Crippen molar-refractivity contribution in [3.63, 3.8) is 0 Å². The molecule has 1 fully saturated rings. The summed E-state index contributed by atoms with van der Waals surface area (Å²) in [4.78, 5) is 10.6. The molecular weight excluding hydrogens is 126 g/mol. The summed E-state index contributed by atoms with van der Waals surface area (Å²) in [5.74, 6) is 0.121. The number of allylic oxidation sites excluding steroid dienone is 1. The van der Waals surface area contributed by atoms with Crippen molar-refractivity contribution in [2.75, 3.05) is 6.54 Å². The topological polar surface area (TPSA) is 29.1 Å². The SMILES string of the molecule is CCCC/C=C1/CNC1=O. The molecule has 0 unspecified atom stereocenters. The van der Waals surface area contributed by atoms with Crippen molar-refractivity contribution in [2.45, 2.75) is 26.2 Å². The number of rotatable bonds is 3. The zero-order valence-corrected chi connectivity index (χ0v) is 6.31. The van der Waals surface area contributed by atoms with Crippen molar-refractivity contribution >= 4 is 5.91 Å². The van der Waals surface area contributed by atoms with Crippen molar-refractivity contribution in [3.8, 4) is 0 Å². The molecule has 1 rings (SSSR count). The fourth-order valence-corrected chi connectivity index (χ4v) is 0.908. The van der Waals surface area contributed by atoms with E-state index in [1.165, 1.54) is 12.8 Å². The van der Waals surface area contributed by atoms with Gasteiger partial charge in [0.1, 0.15) is 0 Å². The highest BCUT2D eigenvalue weighted by atomic mass is 16.2. The van der Waals surface area contributed by atoms with Gasteiger partial charge in [-0.3, -0.25) is 4.79 Å². The first-order chi connectivity index (χ1) is 4.84. The largest absolute Gasteiger partial charge is 0.348 e. The minimum Gasteiger partial charge on any atom is -0.348 e. The summed E-state index contributed by atoms with van der Waals surface area (Å²) in [7, 11) is 0. The molecule has 1 saturated heterocycles. The van der Waals surface area contributed by atoms with Gasteiger partial charge in [0.15, 0.2) is 0 Å². The Morgan fingerprint density at radius 2 is 2.50 bits per heavy atom. The lowest BCUT2D eigenvalue weighted by molar-refractivity contribution is -0.120. The highest BCUT2D eigenvalue weighted by molar-refractivity contribution is 5.99. The van der Waals surface area contributed by atoms with Crippen LogP contribution in [0.2, 0.25) is 0 Å². The van der Waals surface area contributed by atoms with Crippen LogP contribution in [-0.2, 0) is 4.79 Å². The van der Waals surface area contributed by atoms with Gasteiger partial charge in [0, 0.05) is 12.1 Å². The van der Waals surface area contributed by atoms with Gasteiger partial charge in [-0.25, -0.2) is 0 Å². The van der Waals surface area contributed by atoms with Gasteiger partial charge in [-0.15, -0.1) is 0 Å². The average Bonchev–Trinajstić information content (AvgIpc) is 1.95. The number of unbranched alkanes of at least 4 members (excludes halogenated alkanes) is 2. The van der Waals surface area contributed by atoms with Crippen LogP contribution < -0.4 is 5.32 Å². The number of amides is 1. The summed E-state index contributed by atoms with van der Waals surface area (Å²) >= 11 is 0. The van der Waals surface area contributed by atoms with E-state index in [1.807, 2.05) is 6.08 Å². The number of hydrogen-bond acceptors (Lipinski definition) is 1. The monoisotopic (exact) mass is 139 g/mol. The Morgan fingerprint density at radius 3 is 2.90 bits per heavy atom. The third kappa shape index (κ3) is 1.59. The molecule has 1 aliphatic heterocycles. The Labute approximate surface area is 61.3 Å². The predicted molar refractivity (Wildman–Crippen MR) is 40.6 cm³/mol. The van der Waals surface area contributed by atoms with Gasteiger partial charge >= 0.3 is 0 Å². The molecule has 2 heteroatoms. The number of hydrogen-bond donors (Lipinski definition) is 1. The molecular formula is C8H13NO. The molecule has 0 aromatic heterocycles. The summed E-state index contributed by atoms with van der Waals surface area (Å²) in [6.45, 7) is 2.93. The maximum atomic E-state index is 10.6. The molecule has 1 aliphatic rings. The van der Waals surface area contributed by atoms with E-state index in [2.05, 4.69) is 12.2 Å². The van der Waals surface area contributed by atoms with Gasteiger partial charge in [-0.1, -0.05) is 25.8 Å². The Balaban J connectivity index is 2.20. The lowest BCUT2D eigenvalue weighted by atomic mass is 10.1. The molecule has 0 bridgehead atoms. The predicted octanol–water partition coefficient (Wildman–Crippen LogP) is 1.23. The maximum absolute atomic E-state index is 10.6. The Hall–Kier alpha value is -0.790. The Bertz CT molecular complexity index is 161. The minimum absolute atomic E-state index is 0.121. The van der Waals surface area contributed by atoms with Crippen LogP contribution >= 0.6 is 0 Å².